The minimum atomic E-state index is -1.88. The number of rotatable bonds is 23. The van der Waals surface area contributed by atoms with E-state index < -0.39 is 235 Å². The third kappa shape index (κ3) is 27.2. The van der Waals surface area contributed by atoms with Crippen molar-refractivity contribution in [3.8, 4) is 5.75 Å². The molecule has 41 nitrogen and oxygen atoms in total. The van der Waals surface area contributed by atoms with Crippen molar-refractivity contribution in [2.75, 3.05) is 71.5 Å². The second kappa shape index (κ2) is 48.4. The van der Waals surface area contributed by atoms with E-state index in [0.717, 1.165) is 31.4 Å². The Morgan fingerprint density at radius 1 is 0.531 bits per heavy atom. The Hall–Kier alpha value is -12.3. The number of carboxylic acid groups (broad SMARTS) is 1. The number of aromatic nitrogens is 2. The van der Waals surface area contributed by atoms with Gasteiger partial charge in [0.2, 0.25) is 94.5 Å². The molecule has 6 heterocycles. The van der Waals surface area contributed by atoms with Gasteiger partial charge in [-0.1, -0.05) is 95.5 Å². The maximum absolute atomic E-state index is 15.6. The topological polar surface area (TPSA) is 617 Å². The van der Waals surface area contributed by atoms with Gasteiger partial charge in [0, 0.05) is 106 Å². The molecule has 3 aromatic carbocycles. The molecule has 0 spiro atoms. The number of para-hydroxylation sites is 2. The highest BCUT2D eigenvalue weighted by molar-refractivity contribution is 8.00. The standard InChI is InChI=1S/C88H124N20O21S/c1-7-9-24-70-88(129)104(5)67(18-8-2)80(121)96-58(23-16-31-89)76(117)103-66(75(116)94-43-72(91)112)46-130-47-73(113)95-61(35-49-27-29-52(110)30-28-49)85(126)106-32-15-14-25-68(106)81(122)100-63(39-74(114)115)86(127)107-33-17-26-69(107)82(123)101-64(40-90)78(119)98-60(34-48(3)4)87(128)108-44-53(111)38-71(108)83(124)97-59(36-50-41-92-56-21-12-10-19-54(50)56)77(118)102-65(45-109)79(120)99-62(84(125)105(70)6)37-51-42-93-57-22-13-11-20-55(51)57/h10-13,19-22,27-30,41-42,48,53,58-71,92-93,109-111H,7-9,14-18,23-26,31-40,43-47,89-90H2,1-6H3,(H2,91,112)(H,94,116)(H,95,113)(H,96,121)(H,97,124)(H,98,119)(H,99,120)(H,100,122)(H,101,123)(H,102,118)(H,103,117)(H,114,115)/t53-,58+,59+,60+,61+,62+,63+,64+,65+,66+,67+,68+,69+,70+,71+/m1/s1. The number of hydrogen-bond acceptors (Lipinski definition) is 23. The van der Waals surface area contributed by atoms with Gasteiger partial charge in [-0.2, -0.15) is 0 Å². The zero-order chi connectivity index (χ0) is 94.7. The monoisotopic (exact) mass is 1830 g/mol. The first-order valence-corrected chi connectivity index (χ1v) is 45.3. The predicted molar refractivity (Wildman–Crippen MR) is 477 cm³/mol. The van der Waals surface area contributed by atoms with E-state index in [0.29, 0.717) is 64.2 Å². The van der Waals surface area contributed by atoms with E-state index in [9.17, 15) is 63.6 Å². The number of piperidine rings is 1. The van der Waals surface area contributed by atoms with Crippen LogP contribution < -0.4 is 70.4 Å². The molecule has 4 aliphatic heterocycles. The average Bonchev–Trinajstić information content (AvgIpc) is 1.53. The van der Waals surface area contributed by atoms with Crippen molar-refractivity contribution in [1.29, 1.82) is 0 Å². The summed E-state index contributed by atoms with van der Waals surface area (Å²) in [7, 11) is 2.69. The number of nitrogens with zero attached hydrogens (tertiary/aromatic N) is 5. The summed E-state index contributed by atoms with van der Waals surface area (Å²) in [6.07, 6.45) is 1.48. The van der Waals surface area contributed by atoms with E-state index in [1.165, 1.54) is 43.3 Å². The van der Waals surface area contributed by atoms with Gasteiger partial charge in [-0.15, -0.1) is 11.8 Å². The number of carbonyl (C=O) groups is 17. The van der Waals surface area contributed by atoms with Gasteiger partial charge in [-0.25, -0.2) is 0 Å². The van der Waals surface area contributed by atoms with Gasteiger partial charge >= 0.3 is 5.97 Å². The Balaban J connectivity index is 1.08. The lowest BCUT2D eigenvalue weighted by Crippen LogP contribution is -2.62. The van der Waals surface area contributed by atoms with Crippen LogP contribution in [0.25, 0.3) is 21.8 Å². The first-order valence-electron chi connectivity index (χ1n) is 44.2. The first-order chi connectivity index (χ1) is 62.1. The third-order valence-electron chi connectivity index (χ3n) is 23.8. The average molecular weight is 1830 g/mol. The molecule has 0 saturated carbocycles. The fourth-order valence-corrected chi connectivity index (χ4v) is 17.7. The first kappa shape index (κ1) is 101. The Bertz CT molecular complexity index is 4880. The molecule has 0 unspecified atom stereocenters. The van der Waals surface area contributed by atoms with Crippen molar-refractivity contribution in [2.24, 2.45) is 23.1 Å². The van der Waals surface area contributed by atoms with E-state index in [-0.39, 0.29) is 115 Å². The molecule has 2 aromatic heterocycles. The van der Waals surface area contributed by atoms with Crippen molar-refractivity contribution in [2.45, 2.75) is 234 Å². The van der Waals surface area contributed by atoms with E-state index in [2.05, 4.69) is 63.1 Å². The van der Waals surface area contributed by atoms with Gasteiger partial charge < -0.3 is 125 Å². The van der Waals surface area contributed by atoms with Crippen LogP contribution in [0.4, 0.5) is 0 Å². The van der Waals surface area contributed by atoms with Crippen LogP contribution in [0, 0.1) is 5.92 Å². The number of nitrogens with two attached hydrogens (primary N) is 3. The number of phenolic OH excluding ortho intramolecular Hbond substituents is 1. The Morgan fingerprint density at radius 2 is 1.05 bits per heavy atom. The molecule has 4 saturated heterocycles. The van der Waals surface area contributed by atoms with Crippen LogP contribution in [0.15, 0.2) is 85.2 Å². The van der Waals surface area contributed by atoms with E-state index in [1.807, 2.05) is 6.92 Å². The lowest BCUT2D eigenvalue weighted by Gasteiger charge is -2.38. The number of likely N-dealkylation sites (N-methyl/N-ethyl adjacent to an activating group) is 2. The molecule has 42 heteroatoms. The summed E-state index contributed by atoms with van der Waals surface area (Å²) < 4.78 is 0. The number of hydrogen-bond donors (Lipinski definition) is 19. The van der Waals surface area contributed by atoms with Gasteiger partial charge in [0.1, 0.15) is 90.3 Å². The molecular weight excluding hydrogens is 1710 g/mol. The SMILES string of the molecule is CCCC[C@H]1C(=O)N(C)[C@@H](CCC)C(=O)N[C@@H](CCCN)C(=O)N[C@H](C(=O)NCC(N)=O)CSCC(=O)N[C@@H](Cc2ccc(O)cc2)C(=O)N2CCCC[C@H]2C(=O)N[C@@H](CC(=O)O)C(=O)N2CCC[C@H]2C(=O)N[C@@H](CN)C(=O)N[C@@H](CC(C)C)C(=O)N2C[C@H](O)C[C@H]2C(=O)N[C@@H](Cc2c[nH]c3ccccc23)C(=O)N[C@@H](CO)C(=O)N[C@@H](Cc2c[nH]c3ccccc23)C(=O)N1C. The summed E-state index contributed by atoms with van der Waals surface area (Å²) in [5, 5.41) is 70.5. The lowest BCUT2D eigenvalue weighted by atomic mass is 9.97. The minimum Gasteiger partial charge on any atom is -0.508 e. The molecule has 4 aliphatic rings. The zero-order valence-corrected chi connectivity index (χ0v) is 74.8. The van der Waals surface area contributed by atoms with Crippen molar-refractivity contribution >= 4 is 134 Å². The second-order valence-electron chi connectivity index (χ2n) is 33.9. The largest absolute Gasteiger partial charge is 0.508 e. The Morgan fingerprint density at radius 3 is 1.65 bits per heavy atom. The van der Waals surface area contributed by atoms with Crippen molar-refractivity contribution in [3.05, 3.63) is 102 Å². The summed E-state index contributed by atoms with van der Waals surface area (Å²) in [5.41, 5.74) is 20.3. The number of nitrogens with one attached hydrogen (secondary N) is 12. The number of benzene rings is 3. The number of aliphatic carboxylic acids is 1. The number of primary amides is 1. The molecule has 0 radical (unpaired) electrons. The highest BCUT2D eigenvalue weighted by atomic mass is 32.2. The molecular formula is C88H124N20O21S. The number of amides is 16. The molecule has 4 fully saturated rings. The van der Waals surface area contributed by atoms with Crippen LogP contribution >= 0.6 is 11.8 Å². The van der Waals surface area contributed by atoms with Crippen LogP contribution in [0.1, 0.15) is 141 Å². The van der Waals surface area contributed by atoms with Crippen LogP contribution in [-0.4, -0.2) is 318 Å². The van der Waals surface area contributed by atoms with Gasteiger partial charge in [0.05, 0.1) is 31.4 Å². The number of aliphatic hydroxyl groups excluding tert-OH is 2. The lowest BCUT2D eigenvalue weighted by molar-refractivity contribution is -0.149. The van der Waals surface area contributed by atoms with Crippen LogP contribution in [0.2, 0.25) is 0 Å². The number of carboxylic acids is 1. The molecule has 0 bridgehead atoms. The minimum absolute atomic E-state index is 0.00261. The number of aliphatic hydroxyl groups is 2. The van der Waals surface area contributed by atoms with E-state index >= 15 is 38.4 Å². The fraction of sp³-hybridized carbons (Fsp3) is 0.557. The summed E-state index contributed by atoms with van der Waals surface area (Å²) in [5.74, 6) is -17.8. The maximum Gasteiger partial charge on any atom is 0.305 e. The third-order valence-corrected chi connectivity index (χ3v) is 24.8. The van der Waals surface area contributed by atoms with Gasteiger partial charge in [0.25, 0.3) is 0 Å². The summed E-state index contributed by atoms with van der Waals surface area (Å²) >= 11 is 0.788. The summed E-state index contributed by atoms with van der Waals surface area (Å²) in [4.78, 5) is 260. The number of unbranched alkanes of at least 4 members (excludes halogenated alkanes) is 1. The normalized spacial score (nSPS) is 25.8. The second-order valence-corrected chi connectivity index (χ2v) is 34.9. The van der Waals surface area contributed by atoms with Crippen molar-refractivity contribution in [1.82, 2.24) is 87.6 Å². The molecule has 16 amide bonds. The van der Waals surface area contributed by atoms with Crippen molar-refractivity contribution in [3.63, 3.8) is 0 Å². The van der Waals surface area contributed by atoms with E-state index in [1.54, 1.807) is 81.7 Å². The number of aromatic hydroxyl groups is 1. The molecule has 15 atom stereocenters. The summed E-state index contributed by atoms with van der Waals surface area (Å²) in [6, 6.07) is -1.92. The number of thioether (sulfide) groups is 1. The number of fused-ring (bicyclic) bond motifs is 5. The Kier molecular flexibility index (Phi) is 37.8. The zero-order valence-electron chi connectivity index (χ0n) is 74.0. The van der Waals surface area contributed by atoms with E-state index in [4.69, 9.17) is 17.2 Å². The van der Waals surface area contributed by atoms with Crippen LogP contribution in [0.3, 0.4) is 0 Å². The number of phenols is 1. The summed E-state index contributed by atoms with van der Waals surface area (Å²) in [6.45, 7) is 3.97. The van der Waals surface area contributed by atoms with Crippen LogP contribution in [0.5, 0.6) is 5.75 Å². The fourth-order valence-electron chi connectivity index (χ4n) is 16.9. The molecule has 9 rings (SSSR count). The van der Waals surface area contributed by atoms with Gasteiger partial charge in [-0.05, 0) is 118 Å². The highest BCUT2D eigenvalue weighted by Crippen LogP contribution is 2.29. The van der Waals surface area contributed by atoms with Gasteiger partial charge in [0.15, 0.2) is 0 Å². The number of carbonyl (C=O) groups excluding carboxylic acids is 16. The molecule has 130 heavy (non-hydrogen) atoms. The van der Waals surface area contributed by atoms with Gasteiger partial charge in [-0.3, -0.25) is 81.5 Å². The van der Waals surface area contributed by atoms with Crippen molar-refractivity contribution < 1.29 is 102 Å². The molecule has 0 aliphatic carbocycles. The maximum atomic E-state index is 15.6. The number of aromatic amines is 2. The predicted octanol–water partition coefficient (Wildman–Crippen LogP) is -2.72. The molecule has 5 aromatic rings. The van der Waals surface area contributed by atoms with Crippen LogP contribution in [-0.2, 0) is 101 Å². The Labute approximate surface area is 756 Å². The smallest absolute Gasteiger partial charge is 0.305 e. The number of H-pyrrole nitrogens is 2. The highest BCUT2D eigenvalue weighted by Gasteiger charge is 2.47. The molecule has 708 valence electrons. The quantitative estimate of drug-likeness (QED) is 0.0316. The molecule has 22 N–H and O–H groups in total.